The summed E-state index contributed by atoms with van der Waals surface area (Å²) in [5.74, 6) is 0.740. The Balaban J connectivity index is 4.11. The second kappa shape index (κ2) is 42.1. The van der Waals surface area contributed by atoms with Gasteiger partial charge in [0.05, 0.1) is 25.2 Å². The lowest BCUT2D eigenvalue weighted by Gasteiger charge is -2.19. The molecule has 0 heterocycles. The standard InChI is InChI=1S/C46H93NO4/c1-6-9-11-13-15-17-19-21-23-25-27-29-31-33-38-49-42-45(35-37-47-46(48)41-44(5)50-40-36-43(4)8-3)51-39-34-32-30-28-26-24-22-20-18-16-14-12-10-7-2/h43-45H,6-42H2,1-5H3,(H,47,48). The maximum Gasteiger partial charge on any atom is 0.222 e. The van der Waals surface area contributed by atoms with Gasteiger partial charge in [-0.05, 0) is 38.5 Å². The first-order valence-electron chi connectivity index (χ1n) is 23.1. The Morgan fingerprint density at radius 1 is 0.490 bits per heavy atom. The molecule has 1 amide bonds. The zero-order valence-electron chi connectivity index (χ0n) is 35.5. The molecule has 0 aliphatic heterocycles. The van der Waals surface area contributed by atoms with E-state index in [1.165, 1.54) is 173 Å². The van der Waals surface area contributed by atoms with Gasteiger partial charge in [0.2, 0.25) is 5.91 Å². The highest BCUT2D eigenvalue weighted by atomic mass is 16.5. The van der Waals surface area contributed by atoms with Gasteiger partial charge in [-0.2, -0.15) is 0 Å². The van der Waals surface area contributed by atoms with Gasteiger partial charge >= 0.3 is 0 Å². The SMILES string of the molecule is CCCCCCCCCCCCCCCCOCC(CCNC(=O)CC(C)OCCC(C)CC)OCCCCCCCCCCCCCCCC. The summed E-state index contributed by atoms with van der Waals surface area (Å²) in [5, 5.41) is 3.11. The molecule has 0 bridgehead atoms. The molecule has 306 valence electrons. The third-order valence-electron chi connectivity index (χ3n) is 10.8. The van der Waals surface area contributed by atoms with E-state index in [-0.39, 0.29) is 18.1 Å². The number of amides is 1. The highest BCUT2D eigenvalue weighted by molar-refractivity contribution is 5.76. The molecular formula is C46H93NO4. The van der Waals surface area contributed by atoms with E-state index in [1.807, 2.05) is 6.92 Å². The minimum absolute atomic E-state index is 0.0446. The number of carbonyl (C=O) groups is 1. The normalized spacial score (nSPS) is 13.4. The highest BCUT2D eigenvalue weighted by Gasteiger charge is 2.13. The first-order valence-corrected chi connectivity index (χ1v) is 23.1. The van der Waals surface area contributed by atoms with Crippen molar-refractivity contribution in [2.24, 2.45) is 5.92 Å². The van der Waals surface area contributed by atoms with Gasteiger partial charge in [0.25, 0.3) is 0 Å². The molecule has 3 atom stereocenters. The second-order valence-corrected chi connectivity index (χ2v) is 16.1. The van der Waals surface area contributed by atoms with Gasteiger partial charge in [-0.1, -0.05) is 201 Å². The van der Waals surface area contributed by atoms with Gasteiger partial charge < -0.3 is 19.5 Å². The van der Waals surface area contributed by atoms with Crippen LogP contribution in [-0.4, -0.2) is 51.1 Å². The van der Waals surface area contributed by atoms with Gasteiger partial charge in [0.15, 0.2) is 0 Å². The first kappa shape index (κ1) is 50.4. The molecular weight excluding hydrogens is 631 g/mol. The Kier molecular flexibility index (Phi) is 41.6. The van der Waals surface area contributed by atoms with Crippen LogP contribution in [0.15, 0.2) is 0 Å². The summed E-state index contributed by atoms with van der Waals surface area (Å²) in [5.41, 5.74) is 0. The van der Waals surface area contributed by atoms with Gasteiger partial charge in [-0.15, -0.1) is 0 Å². The maximum absolute atomic E-state index is 12.5. The molecule has 0 radical (unpaired) electrons. The molecule has 1 N–H and O–H groups in total. The smallest absolute Gasteiger partial charge is 0.222 e. The number of ether oxygens (including phenoxy) is 3. The van der Waals surface area contributed by atoms with Gasteiger partial charge in [0.1, 0.15) is 0 Å². The van der Waals surface area contributed by atoms with E-state index in [0.29, 0.717) is 25.5 Å². The van der Waals surface area contributed by atoms with Crippen LogP contribution in [0.1, 0.15) is 240 Å². The van der Waals surface area contributed by atoms with Crippen molar-refractivity contribution in [1.29, 1.82) is 0 Å². The minimum atomic E-state index is -0.0464. The third-order valence-corrected chi connectivity index (χ3v) is 10.8. The number of hydrogen-bond acceptors (Lipinski definition) is 4. The Hall–Kier alpha value is -0.650. The Morgan fingerprint density at radius 2 is 0.902 bits per heavy atom. The molecule has 0 aromatic rings. The predicted octanol–water partition coefficient (Wildman–Crippen LogP) is 14.1. The van der Waals surface area contributed by atoms with Crippen LogP contribution in [0.4, 0.5) is 0 Å². The summed E-state index contributed by atoms with van der Waals surface area (Å²) in [6.07, 6.45) is 41.8. The quantitative estimate of drug-likeness (QED) is 0.0636. The van der Waals surface area contributed by atoms with E-state index in [9.17, 15) is 4.79 Å². The molecule has 0 rings (SSSR count). The van der Waals surface area contributed by atoms with Crippen LogP contribution < -0.4 is 5.32 Å². The van der Waals surface area contributed by atoms with Gasteiger partial charge in [0, 0.05) is 26.4 Å². The van der Waals surface area contributed by atoms with E-state index in [1.54, 1.807) is 0 Å². The van der Waals surface area contributed by atoms with Crippen molar-refractivity contribution in [1.82, 2.24) is 5.32 Å². The molecule has 0 aromatic carbocycles. The fraction of sp³-hybridized carbons (Fsp3) is 0.978. The number of unbranched alkanes of at least 4 members (excludes halogenated alkanes) is 26. The van der Waals surface area contributed by atoms with Crippen LogP contribution in [0.5, 0.6) is 0 Å². The monoisotopic (exact) mass is 724 g/mol. The van der Waals surface area contributed by atoms with Crippen LogP contribution in [0.25, 0.3) is 0 Å². The van der Waals surface area contributed by atoms with Crippen LogP contribution >= 0.6 is 0 Å². The van der Waals surface area contributed by atoms with Crippen LogP contribution in [0.3, 0.4) is 0 Å². The largest absolute Gasteiger partial charge is 0.379 e. The van der Waals surface area contributed by atoms with Crippen LogP contribution in [0, 0.1) is 5.92 Å². The fourth-order valence-corrected chi connectivity index (χ4v) is 6.81. The van der Waals surface area contributed by atoms with Gasteiger partial charge in [-0.25, -0.2) is 0 Å². The molecule has 0 aliphatic carbocycles. The summed E-state index contributed by atoms with van der Waals surface area (Å²) in [4.78, 5) is 12.5. The van der Waals surface area contributed by atoms with Crippen LogP contribution in [0.2, 0.25) is 0 Å². The minimum Gasteiger partial charge on any atom is -0.379 e. The number of nitrogens with one attached hydrogen (secondary N) is 1. The van der Waals surface area contributed by atoms with Crippen molar-refractivity contribution in [3.05, 3.63) is 0 Å². The molecule has 0 saturated heterocycles. The Bertz CT molecular complexity index is 674. The summed E-state index contributed by atoms with van der Waals surface area (Å²) in [7, 11) is 0. The fourth-order valence-electron chi connectivity index (χ4n) is 6.81. The zero-order chi connectivity index (χ0) is 37.3. The number of hydrogen-bond donors (Lipinski definition) is 1. The van der Waals surface area contributed by atoms with Crippen molar-refractivity contribution in [3.8, 4) is 0 Å². The molecule has 0 fully saturated rings. The zero-order valence-corrected chi connectivity index (χ0v) is 35.5. The molecule has 0 saturated carbocycles. The summed E-state index contributed by atoms with van der Waals surface area (Å²) in [6.45, 7) is 14.6. The Morgan fingerprint density at radius 3 is 1.33 bits per heavy atom. The van der Waals surface area contributed by atoms with E-state index in [0.717, 1.165) is 45.5 Å². The van der Waals surface area contributed by atoms with Crippen molar-refractivity contribution in [3.63, 3.8) is 0 Å². The van der Waals surface area contributed by atoms with E-state index >= 15 is 0 Å². The summed E-state index contributed by atoms with van der Waals surface area (Å²) >= 11 is 0. The molecule has 51 heavy (non-hydrogen) atoms. The van der Waals surface area contributed by atoms with E-state index in [2.05, 4.69) is 33.0 Å². The van der Waals surface area contributed by atoms with E-state index < -0.39 is 0 Å². The molecule has 5 heteroatoms. The molecule has 0 spiro atoms. The molecule has 5 nitrogen and oxygen atoms in total. The maximum atomic E-state index is 12.5. The van der Waals surface area contributed by atoms with Crippen molar-refractivity contribution in [2.75, 3.05) is 33.0 Å². The second-order valence-electron chi connectivity index (χ2n) is 16.1. The predicted molar refractivity (Wildman–Crippen MR) is 223 cm³/mol. The van der Waals surface area contributed by atoms with Crippen LogP contribution in [-0.2, 0) is 19.0 Å². The number of carbonyl (C=O) groups excluding carboxylic acids is 1. The average Bonchev–Trinajstić information content (AvgIpc) is 3.12. The van der Waals surface area contributed by atoms with Crippen molar-refractivity contribution < 1.29 is 19.0 Å². The summed E-state index contributed by atoms with van der Waals surface area (Å²) < 4.78 is 18.3. The summed E-state index contributed by atoms with van der Waals surface area (Å²) in [6, 6.07) is 0. The molecule has 0 aliphatic rings. The van der Waals surface area contributed by atoms with Crippen molar-refractivity contribution >= 4 is 5.91 Å². The topological polar surface area (TPSA) is 56.8 Å². The lowest BCUT2D eigenvalue weighted by Crippen LogP contribution is -2.32. The van der Waals surface area contributed by atoms with Crippen molar-refractivity contribution in [2.45, 2.75) is 252 Å². The lowest BCUT2D eigenvalue weighted by molar-refractivity contribution is -0.123. The van der Waals surface area contributed by atoms with Gasteiger partial charge in [-0.3, -0.25) is 4.79 Å². The molecule has 3 unspecified atom stereocenters. The lowest BCUT2D eigenvalue weighted by atomic mass is 10.0. The number of rotatable bonds is 43. The average molecular weight is 724 g/mol. The third kappa shape index (κ3) is 40.4. The molecule has 0 aromatic heterocycles. The Labute approximate surface area is 320 Å². The highest BCUT2D eigenvalue weighted by Crippen LogP contribution is 2.15. The first-order chi connectivity index (χ1) is 25.0. The van der Waals surface area contributed by atoms with E-state index in [4.69, 9.17) is 14.2 Å².